The first-order chi connectivity index (χ1) is 17.3. The molecule has 8 heteroatoms. The Kier molecular flexibility index (Phi) is 5.96. The van der Waals surface area contributed by atoms with E-state index in [2.05, 4.69) is 0 Å². The second-order valence-electron chi connectivity index (χ2n) is 8.66. The Balaban J connectivity index is 1.71. The molecule has 0 N–H and O–H groups in total. The van der Waals surface area contributed by atoms with Gasteiger partial charge in [-0.3, -0.25) is 0 Å². The molecule has 1 saturated carbocycles. The van der Waals surface area contributed by atoms with E-state index in [0.717, 1.165) is 5.56 Å². The van der Waals surface area contributed by atoms with E-state index in [1.165, 1.54) is 50.6 Å². The maximum atomic E-state index is 13.8. The molecule has 36 heavy (non-hydrogen) atoms. The number of rotatable bonds is 6. The molecule has 0 amide bonds. The van der Waals surface area contributed by atoms with Crippen molar-refractivity contribution >= 4 is 12.0 Å². The highest BCUT2D eigenvalue weighted by atomic mass is 19.1. The molecule has 1 fully saturated rings. The minimum absolute atomic E-state index is 0.235. The number of ether oxygens (including phenoxy) is 3. The van der Waals surface area contributed by atoms with E-state index in [1.807, 2.05) is 0 Å². The number of methoxy groups -OCH3 is 2. The fraction of sp³-hybridized carbons (Fsp3) is 0.214. The van der Waals surface area contributed by atoms with Gasteiger partial charge in [0.2, 0.25) is 0 Å². The van der Waals surface area contributed by atoms with Gasteiger partial charge in [0, 0.05) is 12.0 Å². The Morgan fingerprint density at radius 2 is 1.56 bits per heavy atom. The fourth-order valence-corrected chi connectivity index (χ4v) is 5.21. The van der Waals surface area contributed by atoms with E-state index >= 15 is 0 Å². The van der Waals surface area contributed by atoms with Crippen LogP contribution in [0.4, 0.5) is 8.78 Å². The predicted octanol–water partition coefficient (Wildman–Crippen LogP) is 4.96. The van der Waals surface area contributed by atoms with Gasteiger partial charge in [-0.2, -0.15) is 0 Å². The molecule has 4 atom stereocenters. The van der Waals surface area contributed by atoms with Gasteiger partial charge in [0.1, 0.15) is 28.9 Å². The smallest absolute Gasteiger partial charge is 0.339 e. The Bertz CT molecular complexity index is 1410. The number of fused-ring (bicyclic) bond motifs is 1. The average molecular weight is 492 g/mol. The van der Waals surface area contributed by atoms with Crippen molar-refractivity contribution in [1.82, 2.24) is 0 Å². The van der Waals surface area contributed by atoms with Gasteiger partial charge in [0.05, 0.1) is 38.2 Å². The van der Waals surface area contributed by atoms with E-state index in [9.17, 15) is 18.4 Å². The van der Waals surface area contributed by atoms with Crippen molar-refractivity contribution in [2.45, 2.75) is 17.4 Å². The van der Waals surface area contributed by atoms with E-state index in [-0.39, 0.29) is 17.3 Å². The third kappa shape index (κ3) is 3.98. The van der Waals surface area contributed by atoms with E-state index in [1.54, 1.807) is 42.5 Å². The standard InChI is InChI=1S/C28H22F2O6/c1-33-20-13-22(35-23(31)14-20)27-25(17-5-9-19(30)10-6-17)26-21(34-2)15-24(32)36-28(26,27)12-11-16-3-7-18(29)8-4-16/h3-15,25-27H,1-2H3/b12-11+. The van der Waals surface area contributed by atoms with Crippen LogP contribution in [0.5, 0.6) is 5.75 Å². The summed E-state index contributed by atoms with van der Waals surface area (Å²) in [7, 11) is 2.88. The first-order valence-electron chi connectivity index (χ1n) is 11.2. The summed E-state index contributed by atoms with van der Waals surface area (Å²) >= 11 is 0. The molecular weight excluding hydrogens is 470 g/mol. The number of halogens is 2. The summed E-state index contributed by atoms with van der Waals surface area (Å²) in [6.45, 7) is 0. The Labute approximate surface area is 205 Å². The van der Waals surface area contributed by atoms with E-state index in [4.69, 9.17) is 18.6 Å². The zero-order valence-electron chi connectivity index (χ0n) is 19.4. The number of benzene rings is 2. The summed E-state index contributed by atoms with van der Waals surface area (Å²) in [5.74, 6) is -2.11. The Morgan fingerprint density at radius 1 is 0.889 bits per heavy atom. The first-order valence-corrected chi connectivity index (χ1v) is 11.2. The molecule has 3 aromatic rings. The van der Waals surface area contributed by atoms with Crippen LogP contribution in [0, 0.1) is 17.6 Å². The molecule has 6 nitrogen and oxygen atoms in total. The highest BCUT2D eigenvalue weighted by molar-refractivity contribution is 5.85. The SMILES string of the molecule is COC1=CC(=O)OC2(/C=C/c3ccc(F)cc3)C1C(c1ccc(F)cc1)C2c1cc(OC)cc(=O)o1. The predicted molar refractivity (Wildman–Crippen MR) is 126 cm³/mol. The van der Waals surface area contributed by atoms with Gasteiger partial charge in [0.25, 0.3) is 0 Å². The second kappa shape index (κ2) is 9.11. The molecule has 5 rings (SSSR count). The lowest BCUT2D eigenvalue weighted by Gasteiger charge is -2.59. The van der Waals surface area contributed by atoms with Crippen molar-refractivity contribution in [3.8, 4) is 5.75 Å². The molecule has 0 saturated heterocycles. The highest BCUT2D eigenvalue weighted by Crippen LogP contribution is 2.66. The molecule has 184 valence electrons. The van der Waals surface area contributed by atoms with Crippen LogP contribution in [0.25, 0.3) is 6.08 Å². The minimum atomic E-state index is -1.31. The van der Waals surface area contributed by atoms with Crippen LogP contribution in [0.2, 0.25) is 0 Å². The molecule has 2 aromatic carbocycles. The molecule has 1 aliphatic heterocycles. The lowest BCUT2D eigenvalue weighted by Crippen LogP contribution is -2.63. The number of carbonyl (C=O) groups is 1. The summed E-state index contributed by atoms with van der Waals surface area (Å²) in [5.41, 5.74) is -0.533. The van der Waals surface area contributed by atoms with Crippen molar-refractivity contribution < 1.29 is 32.2 Å². The summed E-state index contributed by atoms with van der Waals surface area (Å²) in [6.07, 6.45) is 4.70. The molecule has 1 aliphatic carbocycles. The quantitative estimate of drug-likeness (QED) is 0.453. The summed E-state index contributed by atoms with van der Waals surface area (Å²) < 4.78 is 49.7. The van der Waals surface area contributed by atoms with E-state index in [0.29, 0.717) is 11.3 Å². The van der Waals surface area contributed by atoms with Crippen LogP contribution in [0.1, 0.15) is 28.7 Å². The first kappa shape index (κ1) is 23.5. The van der Waals surface area contributed by atoms with Gasteiger partial charge in [0.15, 0.2) is 5.60 Å². The van der Waals surface area contributed by atoms with Crippen molar-refractivity contribution in [2.24, 2.45) is 5.92 Å². The molecule has 2 aliphatic rings. The van der Waals surface area contributed by atoms with Crippen LogP contribution in [0.3, 0.4) is 0 Å². The lowest BCUT2D eigenvalue weighted by atomic mass is 9.49. The molecule has 1 aromatic heterocycles. The topological polar surface area (TPSA) is 75.0 Å². The largest absolute Gasteiger partial charge is 0.500 e. The van der Waals surface area contributed by atoms with Gasteiger partial charge in [-0.15, -0.1) is 0 Å². The Hall–Kier alpha value is -4.20. The highest BCUT2D eigenvalue weighted by Gasteiger charge is 2.68. The summed E-state index contributed by atoms with van der Waals surface area (Å²) in [6, 6.07) is 14.6. The van der Waals surface area contributed by atoms with Crippen LogP contribution in [-0.4, -0.2) is 25.8 Å². The second-order valence-corrected chi connectivity index (χ2v) is 8.66. The third-order valence-corrected chi connectivity index (χ3v) is 6.74. The van der Waals surface area contributed by atoms with Crippen molar-refractivity contribution in [3.63, 3.8) is 0 Å². The fourth-order valence-electron chi connectivity index (χ4n) is 5.21. The zero-order chi connectivity index (χ0) is 25.4. The maximum Gasteiger partial charge on any atom is 0.339 e. The third-order valence-electron chi connectivity index (χ3n) is 6.74. The molecule has 0 spiro atoms. The van der Waals surface area contributed by atoms with Crippen molar-refractivity contribution in [1.29, 1.82) is 0 Å². The van der Waals surface area contributed by atoms with Crippen LogP contribution >= 0.6 is 0 Å². The van der Waals surface area contributed by atoms with E-state index < -0.39 is 40.8 Å². The van der Waals surface area contributed by atoms with Gasteiger partial charge in [-0.1, -0.05) is 30.3 Å². The zero-order valence-corrected chi connectivity index (χ0v) is 19.4. The van der Waals surface area contributed by atoms with Crippen molar-refractivity contribution in [3.05, 3.63) is 118 Å². The number of carbonyl (C=O) groups excluding carboxylic acids is 1. The van der Waals surface area contributed by atoms with Gasteiger partial charge in [-0.05, 0) is 41.5 Å². The number of hydrogen-bond donors (Lipinski definition) is 0. The normalized spacial score (nSPS) is 24.9. The summed E-state index contributed by atoms with van der Waals surface area (Å²) in [5, 5.41) is 0. The average Bonchev–Trinajstić information content (AvgIpc) is 2.85. The number of esters is 1. The van der Waals surface area contributed by atoms with Crippen LogP contribution in [-0.2, 0) is 14.3 Å². The molecule has 0 bridgehead atoms. The number of hydrogen-bond acceptors (Lipinski definition) is 6. The molecule has 2 heterocycles. The Morgan fingerprint density at radius 3 is 2.19 bits per heavy atom. The lowest BCUT2D eigenvalue weighted by molar-refractivity contribution is -0.182. The van der Waals surface area contributed by atoms with Gasteiger partial charge < -0.3 is 18.6 Å². The summed E-state index contributed by atoms with van der Waals surface area (Å²) in [4.78, 5) is 25.1. The minimum Gasteiger partial charge on any atom is -0.500 e. The molecule has 4 unspecified atom stereocenters. The molecule has 0 radical (unpaired) electrons. The monoisotopic (exact) mass is 492 g/mol. The van der Waals surface area contributed by atoms with Gasteiger partial charge >= 0.3 is 11.6 Å². The molecular formula is C28H22F2O6. The van der Waals surface area contributed by atoms with Crippen molar-refractivity contribution in [2.75, 3.05) is 14.2 Å². The maximum absolute atomic E-state index is 13.8. The van der Waals surface area contributed by atoms with Crippen LogP contribution in [0.15, 0.2) is 87.8 Å². The van der Waals surface area contributed by atoms with Gasteiger partial charge in [-0.25, -0.2) is 18.4 Å². The van der Waals surface area contributed by atoms with Crippen LogP contribution < -0.4 is 10.4 Å².